The van der Waals surface area contributed by atoms with Crippen LogP contribution in [-0.2, 0) is 10.0 Å². The van der Waals surface area contributed by atoms with Crippen LogP contribution in [0.2, 0.25) is 15.1 Å². The Bertz CT molecular complexity index is 1140. The second-order valence-corrected chi connectivity index (χ2v) is 8.88. The quantitative estimate of drug-likeness (QED) is 0.441. The van der Waals surface area contributed by atoms with Crippen LogP contribution < -0.4 is 15.8 Å². The molecule has 0 saturated carbocycles. The fourth-order valence-electron chi connectivity index (χ4n) is 2.38. The Morgan fingerprint density at radius 1 is 0.828 bits per heavy atom. The summed E-state index contributed by atoms with van der Waals surface area (Å²) in [5.74, 6) is -0.462. The Hall–Kier alpha value is -2.45. The van der Waals surface area contributed by atoms with Crippen molar-refractivity contribution < 1.29 is 13.2 Å². The largest absolute Gasteiger partial charge is 0.396 e. The highest BCUT2D eigenvalue weighted by Crippen LogP contribution is 2.31. The Kier molecular flexibility index (Phi) is 6.24. The number of nitrogens with one attached hydrogen (secondary N) is 2. The van der Waals surface area contributed by atoms with Crippen LogP contribution in [0.15, 0.2) is 65.6 Å². The number of nitrogen functional groups attached to an aromatic ring is 1. The second kappa shape index (κ2) is 8.51. The van der Waals surface area contributed by atoms with Crippen molar-refractivity contribution in [2.24, 2.45) is 0 Å². The van der Waals surface area contributed by atoms with Gasteiger partial charge >= 0.3 is 0 Å². The van der Waals surface area contributed by atoms with Crippen molar-refractivity contribution in [3.05, 3.63) is 81.3 Å². The minimum absolute atomic E-state index is 0.00238. The molecule has 0 aliphatic heterocycles. The van der Waals surface area contributed by atoms with Gasteiger partial charge < -0.3 is 11.1 Å². The van der Waals surface area contributed by atoms with Gasteiger partial charge in [0.05, 0.1) is 20.6 Å². The number of halogens is 3. The van der Waals surface area contributed by atoms with E-state index in [9.17, 15) is 13.2 Å². The zero-order valence-electron chi connectivity index (χ0n) is 14.6. The highest BCUT2D eigenvalue weighted by Gasteiger charge is 2.16. The fourth-order valence-corrected chi connectivity index (χ4v) is 4.05. The molecule has 0 aromatic heterocycles. The van der Waals surface area contributed by atoms with Crippen molar-refractivity contribution >= 4 is 67.8 Å². The molecule has 150 valence electrons. The molecule has 0 atom stereocenters. The average Bonchev–Trinajstić information content (AvgIpc) is 2.68. The van der Waals surface area contributed by atoms with Gasteiger partial charge in [0.1, 0.15) is 0 Å². The van der Waals surface area contributed by atoms with Gasteiger partial charge in [-0.2, -0.15) is 0 Å². The van der Waals surface area contributed by atoms with Crippen LogP contribution in [0, 0.1) is 0 Å². The van der Waals surface area contributed by atoms with Gasteiger partial charge in [-0.15, -0.1) is 0 Å². The molecule has 0 spiro atoms. The van der Waals surface area contributed by atoms with E-state index in [0.29, 0.717) is 16.4 Å². The Labute approximate surface area is 182 Å². The first-order valence-corrected chi connectivity index (χ1v) is 10.7. The molecule has 0 heterocycles. The molecule has 10 heteroatoms. The topological polar surface area (TPSA) is 101 Å². The van der Waals surface area contributed by atoms with E-state index in [4.69, 9.17) is 40.5 Å². The lowest BCUT2D eigenvalue weighted by molar-refractivity contribution is 0.102. The maximum absolute atomic E-state index is 12.5. The number of carbonyl (C=O) groups is 1. The molecule has 0 bridgehead atoms. The van der Waals surface area contributed by atoms with Crippen molar-refractivity contribution in [1.29, 1.82) is 0 Å². The third-order valence-corrected chi connectivity index (χ3v) is 6.13. The number of benzene rings is 3. The van der Waals surface area contributed by atoms with E-state index in [1.165, 1.54) is 36.4 Å². The number of sulfonamides is 1. The molecule has 0 unspecified atom stereocenters. The molecule has 3 aromatic rings. The van der Waals surface area contributed by atoms with Crippen LogP contribution in [0.5, 0.6) is 0 Å². The van der Waals surface area contributed by atoms with E-state index in [-0.39, 0.29) is 26.2 Å². The zero-order chi connectivity index (χ0) is 21.2. The van der Waals surface area contributed by atoms with Crippen molar-refractivity contribution in [3.8, 4) is 0 Å². The Balaban J connectivity index is 1.75. The third-order valence-electron chi connectivity index (χ3n) is 3.86. The van der Waals surface area contributed by atoms with Crippen molar-refractivity contribution in [2.75, 3.05) is 15.8 Å². The third kappa shape index (κ3) is 5.13. The summed E-state index contributed by atoms with van der Waals surface area (Å²) in [6.07, 6.45) is 0. The van der Waals surface area contributed by atoms with Crippen LogP contribution in [0.25, 0.3) is 0 Å². The Morgan fingerprint density at radius 2 is 1.38 bits per heavy atom. The molecule has 4 N–H and O–H groups in total. The first kappa shape index (κ1) is 21.3. The van der Waals surface area contributed by atoms with E-state index >= 15 is 0 Å². The summed E-state index contributed by atoms with van der Waals surface area (Å²) in [6, 6.07) is 14.6. The standard InChI is InChI=1S/C19H14Cl3N3O3S/c20-12-3-5-13(6-4-12)25-29(27,28)15-7-1-11(2-8-15)19(26)24-14-9-16(21)18(23)17(22)10-14/h1-10,25H,23H2,(H,24,26). The van der Waals surface area contributed by atoms with Gasteiger partial charge in [-0.1, -0.05) is 34.8 Å². The smallest absolute Gasteiger partial charge is 0.261 e. The van der Waals surface area contributed by atoms with Gasteiger partial charge in [0, 0.05) is 22.0 Å². The molecule has 0 aliphatic rings. The SMILES string of the molecule is Nc1c(Cl)cc(NC(=O)c2ccc(S(=O)(=O)Nc3ccc(Cl)cc3)cc2)cc1Cl. The molecular formula is C19H14Cl3N3O3S. The fraction of sp³-hybridized carbons (Fsp3) is 0. The summed E-state index contributed by atoms with van der Waals surface area (Å²) in [5.41, 5.74) is 6.86. The lowest BCUT2D eigenvalue weighted by Gasteiger charge is -2.10. The average molecular weight is 471 g/mol. The predicted molar refractivity (Wildman–Crippen MR) is 118 cm³/mol. The Morgan fingerprint density at radius 3 is 1.93 bits per heavy atom. The van der Waals surface area contributed by atoms with Crippen LogP contribution in [0.4, 0.5) is 17.1 Å². The van der Waals surface area contributed by atoms with Gasteiger partial charge in [0.25, 0.3) is 15.9 Å². The number of carbonyl (C=O) groups excluding carboxylic acids is 1. The molecule has 0 fully saturated rings. The van der Waals surface area contributed by atoms with Gasteiger partial charge in [0.15, 0.2) is 0 Å². The van der Waals surface area contributed by atoms with Crippen LogP contribution >= 0.6 is 34.8 Å². The molecule has 3 rings (SSSR count). The summed E-state index contributed by atoms with van der Waals surface area (Å²) in [4.78, 5) is 12.4. The first-order valence-electron chi connectivity index (χ1n) is 8.10. The molecule has 29 heavy (non-hydrogen) atoms. The molecule has 0 radical (unpaired) electrons. The molecule has 0 saturated heterocycles. The van der Waals surface area contributed by atoms with Crippen molar-refractivity contribution in [1.82, 2.24) is 0 Å². The number of rotatable bonds is 5. The van der Waals surface area contributed by atoms with Gasteiger partial charge in [-0.25, -0.2) is 8.42 Å². The van der Waals surface area contributed by atoms with Crippen LogP contribution in [0.3, 0.4) is 0 Å². The summed E-state index contributed by atoms with van der Waals surface area (Å²) in [7, 11) is -3.82. The normalized spacial score (nSPS) is 11.1. The van der Waals surface area contributed by atoms with Crippen molar-refractivity contribution in [2.45, 2.75) is 4.90 Å². The van der Waals surface area contributed by atoms with E-state index in [0.717, 1.165) is 0 Å². The number of amides is 1. The molecular weight excluding hydrogens is 457 g/mol. The minimum atomic E-state index is -3.82. The monoisotopic (exact) mass is 469 g/mol. The lowest BCUT2D eigenvalue weighted by atomic mass is 10.2. The number of nitrogens with two attached hydrogens (primary N) is 1. The molecule has 0 aliphatic carbocycles. The van der Waals surface area contributed by atoms with Crippen LogP contribution in [0.1, 0.15) is 10.4 Å². The highest BCUT2D eigenvalue weighted by molar-refractivity contribution is 7.92. The maximum atomic E-state index is 12.5. The molecule has 3 aromatic carbocycles. The van der Waals surface area contributed by atoms with Gasteiger partial charge in [-0.3, -0.25) is 9.52 Å². The number of anilines is 3. The zero-order valence-corrected chi connectivity index (χ0v) is 17.7. The van der Waals surface area contributed by atoms with Gasteiger partial charge in [-0.05, 0) is 60.7 Å². The predicted octanol–water partition coefficient (Wildman–Crippen LogP) is 5.28. The highest BCUT2D eigenvalue weighted by atomic mass is 35.5. The molecule has 1 amide bonds. The van der Waals surface area contributed by atoms with E-state index in [2.05, 4.69) is 10.0 Å². The lowest BCUT2D eigenvalue weighted by Crippen LogP contribution is -2.15. The van der Waals surface area contributed by atoms with Crippen molar-refractivity contribution in [3.63, 3.8) is 0 Å². The van der Waals surface area contributed by atoms with E-state index in [1.807, 2.05) is 0 Å². The summed E-state index contributed by atoms with van der Waals surface area (Å²) in [5, 5.41) is 3.54. The van der Waals surface area contributed by atoms with Gasteiger partial charge in [0.2, 0.25) is 0 Å². The summed E-state index contributed by atoms with van der Waals surface area (Å²) >= 11 is 17.7. The summed E-state index contributed by atoms with van der Waals surface area (Å²) < 4.78 is 27.4. The maximum Gasteiger partial charge on any atom is 0.261 e. The van der Waals surface area contributed by atoms with Crippen LogP contribution in [-0.4, -0.2) is 14.3 Å². The summed E-state index contributed by atoms with van der Waals surface area (Å²) in [6.45, 7) is 0. The molecule has 6 nitrogen and oxygen atoms in total. The number of hydrogen-bond acceptors (Lipinski definition) is 4. The first-order chi connectivity index (χ1) is 13.7. The van der Waals surface area contributed by atoms with E-state index < -0.39 is 15.9 Å². The van der Waals surface area contributed by atoms with E-state index in [1.54, 1.807) is 24.3 Å². The number of hydrogen-bond donors (Lipinski definition) is 3. The second-order valence-electron chi connectivity index (χ2n) is 5.94. The minimum Gasteiger partial charge on any atom is -0.396 e.